The van der Waals surface area contributed by atoms with E-state index in [9.17, 15) is 4.79 Å². The van der Waals surface area contributed by atoms with Crippen LogP contribution < -0.4 is 5.73 Å². The van der Waals surface area contributed by atoms with Gasteiger partial charge in [0.1, 0.15) is 0 Å². The Morgan fingerprint density at radius 3 is 1.83 bits per heavy atom. The van der Waals surface area contributed by atoms with Crippen LogP contribution in [0.4, 0.5) is 4.79 Å². The lowest BCUT2D eigenvalue weighted by Crippen LogP contribution is -2.30. The maximum atomic E-state index is 9.75. The van der Waals surface area contributed by atoms with Gasteiger partial charge in [0, 0.05) is 0 Å². The molecule has 0 saturated carbocycles. The van der Waals surface area contributed by atoms with Crippen LogP contribution >= 0.6 is 0 Å². The van der Waals surface area contributed by atoms with Crippen LogP contribution in [0, 0.1) is 0 Å². The molecule has 0 atom stereocenters. The number of nitrogens with two attached hydrogens (primary N) is 1. The van der Waals surface area contributed by atoms with Crippen molar-refractivity contribution in [3.05, 3.63) is 0 Å². The van der Waals surface area contributed by atoms with E-state index in [4.69, 9.17) is 0 Å². The molecule has 30 valence electrons. The minimum absolute atomic E-state index is 0.580. The van der Waals surface area contributed by atoms with Gasteiger partial charge in [-0.3, -0.25) is 4.79 Å². The number of amides is 2. The molecule has 6 heavy (non-hydrogen) atoms. The van der Waals surface area contributed by atoms with E-state index in [1.54, 1.807) is 0 Å². The second kappa shape index (κ2) is 1.98. The van der Waals surface area contributed by atoms with E-state index < -0.39 is 6.03 Å². The molecule has 2 N–H and O–H groups in total. The number of primary amides is 1. The second-order valence-corrected chi connectivity index (χ2v) is 2.02. The van der Waals surface area contributed by atoms with E-state index in [-0.39, 0.29) is 0 Å². The predicted molar refractivity (Wildman–Crippen MR) is 22.9 cm³/mol. The van der Waals surface area contributed by atoms with E-state index in [0.717, 1.165) is 4.23 Å². The van der Waals surface area contributed by atoms with Gasteiger partial charge in [0.05, 0.1) is 0 Å². The maximum Gasteiger partial charge on any atom is 0.298 e. The zero-order valence-corrected chi connectivity index (χ0v) is 4.93. The molecule has 0 aliphatic carbocycles. The van der Waals surface area contributed by atoms with Crippen LogP contribution in [0.2, 0.25) is 0 Å². The Kier molecular flexibility index (Phi) is 1.89. The predicted octanol–water partition coefficient (Wildman–Crippen LogP) is -1.47. The normalized spacial score (nSPS) is 7.67. The molecule has 0 bridgehead atoms. The van der Waals surface area contributed by atoms with Crippen LogP contribution in [0.25, 0.3) is 0 Å². The lowest BCUT2D eigenvalue weighted by molar-refractivity contribution is 0.245. The summed E-state index contributed by atoms with van der Waals surface area (Å²) in [6.45, 7) is 0. The molecule has 3 nitrogen and oxygen atoms in total. The maximum absolute atomic E-state index is 9.75. The fraction of sp³-hybridized carbons (Fsp3) is 0. The summed E-state index contributed by atoms with van der Waals surface area (Å²) in [5, 5.41) is 0. The van der Waals surface area contributed by atoms with Crippen LogP contribution in [-0.4, -0.2) is 31.1 Å². The Balaban J connectivity index is 3.26. The van der Waals surface area contributed by atoms with Crippen molar-refractivity contribution in [1.29, 1.82) is 0 Å². The molecular formula is CH2N2OSi2. The summed E-state index contributed by atoms with van der Waals surface area (Å²) in [6.07, 6.45) is 0. The van der Waals surface area contributed by atoms with Gasteiger partial charge in [0.25, 0.3) is 6.03 Å². The summed E-state index contributed by atoms with van der Waals surface area (Å²) in [4.78, 5) is 9.75. The van der Waals surface area contributed by atoms with Gasteiger partial charge in [-0.2, -0.15) is 0 Å². The second-order valence-electron chi connectivity index (χ2n) is 0.674. The van der Waals surface area contributed by atoms with Gasteiger partial charge in [-0.15, -0.1) is 0 Å². The first-order chi connectivity index (χ1) is 2.64. The van der Waals surface area contributed by atoms with Crippen LogP contribution in [0.1, 0.15) is 0 Å². The Bertz CT molecular complexity index is 62.6. The molecule has 0 aliphatic rings. The molecule has 0 fully saturated rings. The molecule has 0 unspecified atom stereocenters. The molecule has 0 spiro atoms. The van der Waals surface area contributed by atoms with Gasteiger partial charge in [-0.1, -0.05) is 0 Å². The SMILES string of the molecule is NC(=O)N([Si])[Si]. The molecule has 0 aromatic rings. The Morgan fingerprint density at radius 1 is 1.67 bits per heavy atom. The highest BCUT2D eigenvalue weighted by molar-refractivity contribution is 6.33. The molecule has 6 radical (unpaired) electrons. The number of carbonyl (C=O) groups is 1. The minimum atomic E-state index is -0.580. The third-order valence-electron chi connectivity index (χ3n) is 0.220. The highest BCUT2D eigenvalue weighted by atomic mass is 28.2. The van der Waals surface area contributed by atoms with E-state index in [1.807, 2.05) is 0 Å². The van der Waals surface area contributed by atoms with Crippen molar-refractivity contribution in [2.75, 3.05) is 0 Å². The monoisotopic (exact) mass is 114 g/mol. The quantitative estimate of drug-likeness (QED) is 0.384. The number of carbonyl (C=O) groups excluding carboxylic acids is 1. The molecule has 0 heterocycles. The lowest BCUT2D eigenvalue weighted by atomic mass is 11.2. The van der Waals surface area contributed by atoms with Gasteiger partial charge in [0.2, 0.25) is 0 Å². The number of urea groups is 1. The van der Waals surface area contributed by atoms with Crippen LogP contribution in [-0.2, 0) is 0 Å². The van der Waals surface area contributed by atoms with Crippen molar-refractivity contribution in [1.82, 2.24) is 4.23 Å². The molecule has 2 amide bonds. The molecule has 5 heteroatoms. The summed E-state index contributed by atoms with van der Waals surface area (Å²) >= 11 is 0. The van der Waals surface area contributed by atoms with Gasteiger partial charge in [-0.25, -0.2) is 0 Å². The first kappa shape index (κ1) is 5.70. The van der Waals surface area contributed by atoms with Crippen molar-refractivity contribution in [2.24, 2.45) is 5.73 Å². The smallest absolute Gasteiger partial charge is 0.298 e. The summed E-state index contributed by atoms with van der Waals surface area (Å²) < 4.78 is 0.917. The summed E-state index contributed by atoms with van der Waals surface area (Å²) in [7, 11) is 5.51. The van der Waals surface area contributed by atoms with Gasteiger partial charge >= 0.3 is 0 Å². The van der Waals surface area contributed by atoms with Crippen LogP contribution in [0.15, 0.2) is 0 Å². The topological polar surface area (TPSA) is 46.3 Å². The average Bonchev–Trinajstić information content (AvgIpc) is 1.36. The molecule has 0 aromatic heterocycles. The number of nitrogens with zero attached hydrogens (tertiary/aromatic N) is 1. The average molecular weight is 114 g/mol. The van der Waals surface area contributed by atoms with Crippen molar-refractivity contribution < 1.29 is 4.79 Å². The standard InChI is InChI=1S/CH2N2OSi2/c2-1(4)3(5)6/h(H2,2,4). The lowest BCUT2D eigenvalue weighted by Gasteiger charge is -2.00. The third kappa shape index (κ3) is 1.97. The molecule has 0 aliphatic heterocycles. The first-order valence-corrected chi connectivity index (χ1v) is 2.06. The van der Waals surface area contributed by atoms with Crippen LogP contribution in [0.3, 0.4) is 0 Å². The Hall–Kier alpha value is -0.296. The number of hydrogen-bond donors (Lipinski definition) is 1. The highest BCUT2D eigenvalue weighted by Gasteiger charge is 1.89. The van der Waals surface area contributed by atoms with Crippen molar-refractivity contribution in [3.8, 4) is 0 Å². The Labute approximate surface area is 42.5 Å². The number of hydrogen-bond acceptors (Lipinski definition) is 1. The van der Waals surface area contributed by atoms with Gasteiger partial charge in [0.15, 0.2) is 20.8 Å². The van der Waals surface area contributed by atoms with Crippen molar-refractivity contribution >= 4 is 26.8 Å². The fourth-order valence-electron chi connectivity index (χ4n) is 0. The third-order valence-corrected chi connectivity index (χ3v) is 0.661. The zero-order chi connectivity index (χ0) is 5.15. The first-order valence-electron chi connectivity index (χ1n) is 1.16. The van der Waals surface area contributed by atoms with E-state index in [0.29, 0.717) is 0 Å². The Morgan fingerprint density at radius 2 is 1.83 bits per heavy atom. The fourth-order valence-corrected chi connectivity index (χ4v) is 0. The molecule has 0 rings (SSSR count). The van der Waals surface area contributed by atoms with Gasteiger partial charge in [-0.05, 0) is 0 Å². The van der Waals surface area contributed by atoms with E-state index in [1.165, 1.54) is 0 Å². The van der Waals surface area contributed by atoms with Crippen molar-refractivity contribution in [2.45, 2.75) is 0 Å². The van der Waals surface area contributed by atoms with Crippen LogP contribution in [0.5, 0.6) is 0 Å². The largest absolute Gasteiger partial charge is 0.381 e. The van der Waals surface area contributed by atoms with E-state index >= 15 is 0 Å². The zero-order valence-electron chi connectivity index (χ0n) is 2.93. The molecular weight excluding hydrogens is 112 g/mol. The summed E-state index contributed by atoms with van der Waals surface area (Å²) in [5.41, 5.74) is 4.62. The summed E-state index contributed by atoms with van der Waals surface area (Å²) in [6, 6.07) is -0.580. The number of rotatable bonds is 0. The highest BCUT2D eigenvalue weighted by Crippen LogP contribution is 1.62. The molecule has 0 saturated heterocycles. The van der Waals surface area contributed by atoms with Gasteiger partial charge < -0.3 is 9.96 Å². The minimum Gasteiger partial charge on any atom is -0.381 e. The molecule has 0 aromatic carbocycles. The van der Waals surface area contributed by atoms with Crippen molar-refractivity contribution in [3.63, 3.8) is 0 Å². The van der Waals surface area contributed by atoms with E-state index in [2.05, 4.69) is 26.5 Å². The summed E-state index contributed by atoms with van der Waals surface area (Å²) in [5.74, 6) is 0.